The van der Waals surface area contributed by atoms with Crippen molar-refractivity contribution < 1.29 is 0 Å². The minimum Gasteiger partial charge on any atom is -0.318 e. The predicted octanol–water partition coefficient (Wildman–Crippen LogP) is 4.89. The molecule has 122 valence electrons. The van der Waals surface area contributed by atoms with E-state index < -0.39 is 0 Å². The second-order valence-electron chi connectivity index (χ2n) is 6.16. The van der Waals surface area contributed by atoms with Crippen LogP contribution in [-0.4, -0.2) is 26.2 Å². The van der Waals surface area contributed by atoms with Crippen molar-refractivity contribution in [3.05, 3.63) is 0 Å². The topological polar surface area (TPSA) is 24.1 Å². The largest absolute Gasteiger partial charge is 0.318 e. The molecule has 0 aromatic heterocycles. The van der Waals surface area contributed by atoms with Crippen LogP contribution in [-0.2, 0) is 0 Å². The number of hydrogen-bond acceptors (Lipinski definition) is 2. The van der Waals surface area contributed by atoms with Gasteiger partial charge in [0.2, 0.25) is 0 Å². The highest BCUT2D eigenvalue weighted by molar-refractivity contribution is 4.68. The van der Waals surface area contributed by atoms with E-state index >= 15 is 0 Å². The number of likely N-dealkylation sites (N-methyl/N-ethyl adjacent to an activating group) is 1. The maximum Gasteiger partial charge on any atom is 0.00792 e. The van der Waals surface area contributed by atoms with Gasteiger partial charge in [-0.2, -0.15) is 0 Å². The third-order valence-electron chi connectivity index (χ3n) is 4.12. The van der Waals surface area contributed by atoms with Crippen LogP contribution in [0, 0.1) is 0 Å². The summed E-state index contributed by atoms with van der Waals surface area (Å²) >= 11 is 0. The third-order valence-corrected chi connectivity index (χ3v) is 4.12. The molecule has 0 radical (unpaired) electrons. The lowest BCUT2D eigenvalue weighted by Crippen LogP contribution is -2.34. The third kappa shape index (κ3) is 14.3. The second kappa shape index (κ2) is 17.0. The second-order valence-corrected chi connectivity index (χ2v) is 6.16. The standard InChI is InChI=1S/C18H40N2/c1-4-6-8-10-12-14-18(20-17-16-19-3)15-13-11-9-7-5-2/h18-20H,4-17H2,1-3H3. The van der Waals surface area contributed by atoms with Gasteiger partial charge in [-0.3, -0.25) is 0 Å². The molecule has 2 nitrogen and oxygen atoms in total. The van der Waals surface area contributed by atoms with Gasteiger partial charge in [0.15, 0.2) is 0 Å². The van der Waals surface area contributed by atoms with Gasteiger partial charge in [0.25, 0.3) is 0 Å². The van der Waals surface area contributed by atoms with Crippen LogP contribution in [0.4, 0.5) is 0 Å². The van der Waals surface area contributed by atoms with Crippen molar-refractivity contribution in [3.63, 3.8) is 0 Å². The van der Waals surface area contributed by atoms with E-state index in [-0.39, 0.29) is 0 Å². The maximum atomic E-state index is 3.74. The van der Waals surface area contributed by atoms with Crippen LogP contribution in [0.5, 0.6) is 0 Å². The van der Waals surface area contributed by atoms with Gasteiger partial charge in [-0.25, -0.2) is 0 Å². The van der Waals surface area contributed by atoms with E-state index in [0.717, 1.165) is 19.1 Å². The van der Waals surface area contributed by atoms with Gasteiger partial charge in [0.1, 0.15) is 0 Å². The first-order valence-electron chi connectivity index (χ1n) is 9.23. The Morgan fingerprint density at radius 2 is 1.15 bits per heavy atom. The van der Waals surface area contributed by atoms with Gasteiger partial charge in [-0.15, -0.1) is 0 Å². The minimum atomic E-state index is 0.756. The molecule has 0 aliphatic heterocycles. The molecule has 2 N–H and O–H groups in total. The number of nitrogens with one attached hydrogen (secondary N) is 2. The summed E-state index contributed by atoms with van der Waals surface area (Å²) in [4.78, 5) is 0. The molecular formula is C18H40N2. The molecule has 0 aliphatic rings. The molecule has 0 rings (SSSR count). The van der Waals surface area contributed by atoms with E-state index in [1.54, 1.807) is 0 Å². The van der Waals surface area contributed by atoms with E-state index in [4.69, 9.17) is 0 Å². The summed E-state index contributed by atoms with van der Waals surface area (Å²) in [6, 6.07) is 0.756. The van der Waals surface area contributed by atoms with Crippen LogP contribution >= 0.6 is 0 Å². The van der Waals surface area contributed by atoms with Gasteiger partial charge in [-0.05, 0) is 19.9 Å². The highest BCUT2D eigenvalue weighted by atomic mass is 14.9. The molecular weight excluding hydrogens is 244 g/mol. The first kappa shape index (κ1) is 19.9. The Hall–Kier alpha value is -0.0800. The first-order valence-corrected chi connectivity index (χ1v) is 9.23. The number of rotatable bonds is 16. The monoisotopic (exact) mass is 284 g/mol. The van der Waals surface area contributed by atoms with Gasteiger partial charge >= 0.3 is 0 Å². The highest BCUT2D eigenvalue weighted by Crippen LogP contribution is 2.13. The van der Waals surface area contributed by atoms with Crippen LogP contribution in [0.3, 0.4) is 0 Å². The number of unbranched alkanes of at least 4 members (excludes halogenated alkanes) is 8. The van der Waals surface area contributed by atoms with E-state index in [2.05, 4.69) is 24.5 Å². The molecule has 0 amide bonds. The lowest BCUT2D eigenvalue weighted by molar-refractivity contribution is 0.413. The molecule has 0 fully saturated rings. The molecule has 0 unspecified atom stereocenters. The highest BCUT2D eigenvalue weighted by Gasteiger charge is 2.07. The molecule has 0 bridgehead atoms. The molecule has 0 aliphatic carbocycles. The van der Waals surface area contributed by atoms with Crippen LogP contribution in [0.25, 0.3) is 0 Å². The lowest BCUT2D eigenvalue weighted by Gasteiger charge is -2.19. The average Bonchev–Trinajstić information content (AvgIpc) is 2.46. The maximum absolute atomic E-state index is 3.74. The molecule has 2 heteroatoms. The summed E-state index contributed by atoms with van der Waals surface area (Å²) < 4.78 is 0. The zero-order valence-corrected chi connectivity index (χ0v) is 14.5. The Labute approximate surface area is 128 Å². The summed E-state index contributed by atoms with van der Waals surface area (Å²) in [5, 5.41) is 6.97. The molecule has 0 aromatic carbocycles. The van der Waals surface area contributed by atoms with Gasteiger partial charge in [0, 0.05) is 19.1 Å². The summed E-state index contributed by atoms with van der Waals surface area (Å²) in [7, 11) is 2.03. The van der Waals surface area contributed by atoms with E-state index in [9.17, 15) is 0 Å². The van der Waals surface area contributed by atoms with Crippen LogP contribution in [0.2, 0.25) is 0 Å². The van der Waals surface area contributed by atoms with Gasteiger partial charge in [-0.1, -0.05) is 78.1 Å². The van der Waals surface area contributed by atoms with Crippen LogP contribution < -0.4 is 10.6 Å². The lowest BCUT2D eigenvalue weighted by atomic mass is 10.0. The normalized spacial score (nSPS) is 11.4. The van der Waals surface area contributed by atoms with Crippen LogP contribution in [0.15, 0.2) is 0 Å². The smallest absolute Gasteiger partial charge is 0.00792 e. The number of hydrogen-bond donors (Lipinski definition) is 2. The van der Waals surface area contributed by atoms with Crippen molar-refractivity contribution in [2.24, 2.45) is 0 Å². The van der Waals surface area contributed by atoms with E-state index in [1.165, 1.54) is 77.0 Å². The SMILES string of the molecule is CCCCCCCC(CCCCCCC)NCCNC. The predicted molar refractivity (Wildman–Crippen MR) is 92.5 cm³/mol. The Morgan fingerprint density at radius 3 is 1.60 bits per heavy atom. The molecule has 0 atom stereocenters. The Kier molecular flexibility index (Phi) is 16.9. The molecule has 0 saturated carbocycles. The Morgan fingerprint density at radius 1 is 0.650 bits per heavy atom. The van der Waals surface area contributed by atoms with Crippen LogP contribution in [0.1, 0.15) is 90.9 Å². The van der Waals surface area contributed by atoms with Crippen molar-refractivity contribution in [1.82, 2.24) is 10.6 Å². The van der Waals surface area contributed by atoms with Crippen molar-refractivity contribution in [2.75, 3.05) is 20.1 Å². The van der Waals surface area contributed by atoms with E-state index in [1.807, 2.05) is 7.05 Å². The Balaban J connectivity index is 3.64. The van der Waals surface area contributed by atoms with Gasteiger partial charge in [0.05, 0.1) is 0 Å². The fourth-order valence-electron chi connectivity index (χ4n) is 2.74. The van der Waals surface area contributed by atoms with Gasteiger partial charge < -0.3 is 10.6 Å². The Bertz CT molecular complexity index is 157. The molecule has 20 heavy (non-hydrogen) atoms. The van der Waals surface area contributed by atoms with E-state index in [0.29, 0.717) is 0 Å². The van der Waals surface area contributed by atoms with Crippen molar-refractivity contribution >= 4 is 0 Å². The first-order chi connectivity index (χ1) is 9.85. The minimum absolute atomic E-state index is 0.756. The zero-order chi connectivity index (χ0) is 14.9. The van der Waals surface area contributed by atoms with Crippen molar-refractivity contribution in [3.8, 4) is 0 Å². The fourth-order valence-corrected chi connectivity index (χ4v) is 2.74. The molecule has 0 aromatic rings. The molecule has 0 saturated heterocycles. The van der Waals surface area contributed by atoms with Crippen molar-refractivity contribution in [2.45, 2.75) is 96.9 Å². The quantitative estimate of drug-likeness (QED) is 0.395. The molecule has 0 spiro atoms. The van der Waals surface area contributed by atoms with Crippen molar-refractivity contribution in [1.29, 1.82) is 0 Å². The fraction of sp³-hybridized carbons (Fsp3) is 1.00. The zero-order valence-electron chi connectivity index (χ0n) is 14.5. The molecule has 0 heterocycles. The summed E-state index contributed by atoms with van der Waals surface area (Å²) in [6.45, 7) is 6.78. The average molecular weight is 285 g/mol. The summed E-state index contributed by atoms with van der Waals surface area (Å²) in [5.74, 6) is 0. The summed E-state index contributed by atoms with van der Waals surface area (Å²) in [5.41, 5.74) is 0. The summed E-state index contributed by atoms with van der Waals surface area (Å²) in [6.07, 6.45) is 16.8.